The number of aryl methyl sites for hydroxylation is 1. The van der Waals surface area contributed by atoms with Crippen molar-refractivity contribution in [2.24, 2.45) is 0 Å². The van der Waals surface area contributed by atoms with Gasteiger partial charge in [-0.25, -0.2) is 4.98 Å². The monoisotopic (exact) mass is 359 g/mol. The number of amides is 1. The number of ether oxygens (including phenoxy) is 1. The van der Waals surface area contributed by atoms with Crippen LogP contribution in [0.5, 0.6) is 0 Å². The number of thiazole rings is 1. The molecule has 0 atom stereocenters. The Morgan fingerprint density at radius 2 is 2.04 bits per heavy atom. The molecule has 1 N–H and O–H groups in total. The van der Waals surface area contributed by atoms with Gasteiger partial charge in [-0.15, -0.1) is 11.3 Å². The highest BCUT2D eigenvalue weighted by atomic mass is 32.1. The van der Waals surface area contributed by atoms with Crippen LogP contribution in [0.4, 0.5) is 0 Å². The van der Waals surface area contributed by atoms with Crippen molar-refractivity contribution in [1.82, 2.24) is 15.2 Å². The Labute approximate surface area is 153 Å². The molecule has 1 aromatic heterocycles. The van der Waals surface area contributed by atoms with Crippen LogP contribution in [0.1, 0.15) is 32.4 Å². The maximum absolute atomic E-state index is 12.5. The molecule has 1 aliphatic heterocycles. The number of hydrogen-bond acceptors (Lipinski definition) is 5. The molecule has 0 aliphatic carbocycles. The standard InChI is InChI=1S/C19H25N3O2S/c1-15-21-18(17(25-15)14-16-6-3-2-4-7-16)19(23)20-8-5-9-22-10-12-24-13-11-22/h2-4,6-7H,5,8-14H2,1H3,(H,20,23). The van der Waals surface area contributed by atoms with Crippen molar-refractivity contribution in [2.75, 3.05) is 39.4 Å². The Bertz CT molecular complexity index is 681. The topological polar surface area (TPSA) is 54.5 Å². The van der Waals surface area contributed by atoms with Crippen molar-refractivity contribution in [3.8, 4) is 0 Å². The Morgan fingerprint density at radius 1 is 1.28 bits per heavy atom. The second-order valence-corrected chi connectivity index (χ2v) is 7.52. The smallest absolute Gasteiger partial charge is 0.271 e. The minimum atomic E-state index is -0.0581. The van der Waals surface area contributed by atoms with E-state index >= 15 is 0 Å². The molecule has 1 fully saturated rings. The van der Waals surface area contributed by atoms with Crippen molar-refractivity contribution in [3.63, 3.8) is 0 Å². The number of carbonyl (C=O) groups is 1. The number of hydrogen-bond donors (Lipinski definition) is 1. The Balaban J connectivity index is 1.51. The maximum Gasteiger partial charge on any atom is 0.271 e. The zero-order chi connectivity index (χ0) is 17.5. The first-order valence-electron chi connectivity index (χ1n) is 8.81. The molecular formula is C19H25N3O2S. The number of aromatic nitrogens is 1. The Morgan fingerprint density at radius 3 is 2.80 bits per heavy atom. The summed E-state index contributed by atoms with van der Waals surface area (Å²) in [5.74, 6) is -0.0581. The normalized spacial score (nSPS) is 15.2. The maximum atomic E-state index is 12.5. The molecule has 1 saturated heterocycles. The van der Waals surface area contributed by atoms with E-state index in [2.05, 4.69) is 27.3 Å². The van der Waals surface area contributed by atoms with Crippen LogP contribution in [0.2, 0.25) is 0 Å². The minimum absolute atomic E-state index is 0.0581. The van der Waals surface area contributed by atoms with E-state index in [4.69, 9.17) is 4.74 Å². The van der Waals surface area contributed by atoms with E-state index in [1.165, 1.54) is 5.56 Å². The van der Waals surface area contributed by atoms with Crippen LogP contribution in [0.15, 0.2) is 30.3 Å². The average Bonchev–Trinajstić information content (AvgIpc) is 3.00. The highest BCUT2D eigenvalue weighted by Gasteiger charge is 2.17. The fourth-order valence-electron chi connectivity index (χ4n) is 2.96. The molecule has 0 spiro atoms. The average molecular weight is 359 g/mol. The minimum Gasteiger partial charge on any atom is -0.379 e. The zero-order valence-corrected chi connectivity index (χ0v) is 15.5. The lowest BCUT2D eigenvalue weighted by Gasteiger charge is -2.26. The van der Waals surface area contributed by atoms with E-state index in [-0.39, 0.29) is 5.91 Å². The number of nitrogens with zero attached hydrogens (tertiary/aromatic N) is 2. The van der Waals surface area contributed by atoms with Crippen LogP contribution in [0.3, 0.4) is 0 Å². The molecule has 1 aliphatic rings. The van der Waals surface area contributed by atoms with Crippen molar-refractivity contribution in [2.45, 2.75) is 19.8 Å². The van der Waals surface area contributed by atoms with Crippen molar-refractivity contribution in [3.05, 3.63) is 51.5 Å². The number of benzene rings is 1. The van der Waals surface area contributed by atoms with E-state index in [1.54, 1.807) is 11.3 Å². The molecule has 0 bridgehead atoms. The highest BCUT2D eigenvalue weighted by molar-refractivity contribution is 7.11. The van der Waals surface area contributed by atoms with Crippen LogP contribution in [-0.4, -0.2) is 55.2 Å². The molecule has 0 unspecified atom stereocenters. The van der Waals surface area contributed by atoms with Gasteiger partial charge in [-0.2, -0.15) is 0 Å². The summed E-state index contributed by atoms with van der Waals surface area (Å²) in [6, 6.07) is 10.2. The SMILES string of the molecule is Cc1nc(C(=O)NCCCN2CCOCC2)c(Cc2ccccc2)s1. The summed E-state index contributed by atoms with van der Waals surface area (Å²) in [5.41, 5.74) is 1.78. The van der Waals surface area contributed by atoms with Crippen LogP contribution >= 0.6 is 11.3 Å². The molecule has 134 valence electrons. The summed E-state index contributed by atoms with van der Waals surface area (Å²) >= 11 is 1.61. The second-order valence-electron chi connectivity index (χ2n) is 6.23. The van der Waals surface area contributed by atoms with E-state index < -0.39 is 0 Å². The molecule has 3 rings (SSSR count). The lowest BCUT2D eigenvalue weighted by atomic mass is 10.1. The van der Waals surface area contributed by atoms with E-state index in [0.717, 1.165) is 55.6 Å². The molecule has 2 heterocycles. The van der Waals surface area contributed by atoms with E-state index in [1.807, 2.05) is 25.1 Å². The predicted octanol–water partition coefficient (Wildman–Crippen LogP) is 2.49. The molecule has 1 aromatic carbocycles. The molecule has 5 nitrogen and oxygen atoms in total. The second kappa shape index (κ2) is 9.08. The van der Waals surface area contributed by atoms with Gasteiger partial charge in [-0.3, -0.25) is 9.69 Å². The third-order valence-corrected chi connectivity index (χ3v) is 5.24. The summed E-state index contributed by atoms with van der Waals surface area (Å²) in [5, 5.41) is 3.96. The summed E-state index contributed by atoms with van der Waals surface area (Å²) in [6.45, 7) is 7.23. The third-order valence-electron chi connectivity index (χ3n) is 4.27. The fourth-order valence-corrected chi connectivity index (χ4v) is 3.93. The first-order chi connectivity index (χ1) is 12.2. The molecule has 0 saturated carbocycles. The lowest BCUT2D eigenvalue weighted by molar-refractivity contribution is 0.0374. The number of nitrogens with one attached hydrogen (secondary N) is 1. The van der Waals surface area contributed by atoms with Gasteiger partial charge in [0, 0.05) is 30.9 Å². The van der Waals surface area contributed by atoms with E-state index in [0.29, 0.717) is 12.2 Å². The lowest BCUT2D eigenvalue weighted by Crippen LogP contribution is -2.38. The van der Waals surface area contributed by atoms with Gasteiger partial charge in [-0.05, 0) is 25.5 Å². The highest BCUT2D eigenvalue weighted by Crippen LogP contribution is 2.21. The van der Waals surface area contributed by atoms with Gasteiger partial charge in [0.25, 0.3) is 5.91 Å². The number of rotatable bonds is 7. The Hall–Kier alpha value is -1.76. The molecule has 1 amide bonds. The Kier molecular flexibility index (Phi) is 6.55. The van der Waals surface area contributed by atoms with Crippen molar-refractivity contribution in [1.29, 1.82) is 0 Å². The first-order valence-corrected chi connectivity index (χ1v) is 9.62. The molecule has 2 aromatic rings. The fraction of sp³-hybridized carbons (Fsp3) is 0.474. The summed E-state index contributed by atoms with van der Waals surface area (Å²) < 4.78 is 5.35. The number of carbonyl (C=O) groups excluding carboxylic acids is 1. The summed E-state index contributed by atoms with van der Waals surface area (Å²) in [7, 11) is 0. The molecule has 25 heavy (non-hydrogen) atoms. The number of morpholine rings is 1. The van der Waals surface area contributed by atoms with Gasteiger partial charge in [-0.1, -0.05) is 30.3 Å². The predicted molar refractivity (Wildman–Crippen MR) is 100 cm³/mol. The molecule has 0 radical (unpaired) electrons. The van der Waals surface area contributed by atoms with Gasteiger partial charge in [0.1, 0.15) is 5.69 Å². The van der Waals surface area contributed by atoms with Gasteiger partial charge >= 0.3 is 0 Å². The summed E-state index contributed by atoms with van der Waals surface area (Å²) in [4.78, 5) is 20.4. The zero-order valence-electron chi connectivity index (χ0n) is 14.7. The van der Waals surface area contributed by atoms with Crippen molar-refractivity contribution < 1.29 is 9.53 Å². The molecule has 6 heteroatoms. The van der Waals surface area contributed by atoms with Crippen molar-refractivity contribution >= 4 is 17.2 Å². The summed E-state index contributed by atoms with van der Waals surface area (Å²) in [6.07, 6.45) is 1.70. The van der Waals surface area contributed by atoms with Crippen LogP contribution in [0.25, 0.3) is 0 Å². The molecular weight excluding hydrogens is 334 g/mol. The van der Waals surface area contributed by atoms with Crippen LogP contribution < -0.4 is 5.32 Å². The van der Waals surface area contributed by atoms with Crippen LogP contribution in [0, 0.1) is 6.92 Å². The van der Waals surface area contributed by atoms with E-state index in [9.17, 15) is 4.79 Å². The van der Waals surface area contributed by atoms with Gasteiger partial charge in [0.2, 0.25) is 0 Å². The third kappa shape index (κ3) is 5.36. The van der Waals surface area contributed by atoms with Gasteiger partial charge < -0.3 is 10.1 Å². The largest absolute Gasteiger partial charge is 0.379 e. The van der Waals surface area contributed by atoms with Gasteiger partial charge in [0.15, 0.2) is 0 Å². The first kappa shape index (κ1) is 18.0. The van der Waals surface area contributed by atoms with Crippen LogP contribution in [-0.2, 0) is 11.2 Å². The van der Waals surface area contributed by atoms with Gasteiger partial charge in [0.05, 0.1) is 18.2 Å². The quantitative estimate of drug-likeness (QED) is 0.772.